The minimum atomic E-state index is -0.702. The van der Waals surface area contributed by atoms with Crippen molar-refractivity contribution in [2.45, 2.75) is 20.0 Å². The first kappa shape index (κ1) is 15.5. The Labute approximate surface area is 122 Å². The van der Waals surface area contributed by atoms with E-state index in [2.05, 4.69) is 16.2 Å². The second kappa shape index (κ2) is 7.16. The molecule has 0 unspecified atom stereocenters. The van der Waals surface area contributed by atoms with Gasteiger partial charge in [0.1, 0.15) is 5.75 Å². The number of thiocarbonyl (C=S) groups is 1. The van der Waals surface area contributed by atoms with Crippen LogP contribution in [0.5, 0.6) is 5.75 Å². The van der Waals surface area contributed by atoms with E-state index in [1.165, 1.54) is 0 Å². The molecular formula is C12H16ClN3O2S. The Kier molecular flexibility index (Phi) is 5.85. The zero-order valence-electron chi connectivity index (χ0n) is 10.9. The van der Waals surface area contributed by atoms with Crippen LogP contribution in [0.15, 0.2) is 18.2 Å². The van der Waals surface area contributed by atoms with Crippen LogP contribution >= 0.6 is 23.8 Å². The van der Waals surface area contributed by atoms with E-state index in [4.69, 9.17) is 28.6 Å². The van der Waals surface area contributed by atoms with Crippen molar-refractivity contribution < 1.29 is 9.53 Å². The lowest BCUT2D eigenvalue weighted by Gasteiger charge is -2.16. The lowest BCUT2D eigenvalue weighted by atomic mass is 10.2. The number of hydrazine groups is 1. The van der Waals surface area contributed by atoms with E-state index in [0.717, 1.165) is 5.56 Å². The molecule has 5 nitrogen and oxygen atoms in total. The number of aryl methyl sites for hydroxylation is 1. The Morgan fingerprint density at radius 3 is 2.74 bits per heavy atom. The summed E-state index contributed by atoms with van der Waals surface area (Å²) in [6, 6.07) is 5.37. The molecule has 104 valence electrons. The van der Waals surface area contributed by atoms with Crippen molar-refractivity contribution in [1.82, 2.24) is 16.2 Å². The largest absolute Gasteiger partial charge is 0.479 e. The van der Waals surface area contributed by atoms with Crippen LogP contribution in [0, 0.1) is 6.92 Å². The number of hydrogen-bond acceptors (Lipinski definition) is 3. The van der Waals surface area contributed by atoms with Gasteiger partial charge in [0.05, 0.1) is 5.02 Å². The molecule has 0 bridgehead atoms. The van der Waals surface area contributed by atoms with Crippen molar-refractivity contribution in [1.29, 1.82) is 0 Å². The molecule has 0 fully saturated rings. The molecule has 1 aromatic carbocycles. The first-order chi connectivity index (χ1) is 8.93. The molecule has 7 heteroatoms. The van der Waals surface area contributed by atoms with Crippen LogP contribution in [0.3, 0.4) is 0 Å². The third-order valence-corrected chi connectivity index (χ3v) is 2.90. The van der Waals surface area contributed by atoms with Crippen LogP contribution in [0.2, 0.25) is 5.02 Å². The highest BCUT2D eigenvalue weighted by atomic mass is 35.5. The molecule has 1 aromatic rings. The third kappa shape index (κ3) is 4.92. The minimum Gasteiger partial charge on any atom is -0.479 e. The summed E-state index contributed by atoms with van der Waals surface area (Å²) in [7, 11) is 1.65. The van der Waals surface area contributed by atoms with Gasteiger partial charge in [-0.25, -0.2) is 0 Å². The van der Waals surface area contributed by atoms with E-state index >= 15 is 0 Å². The predicted molar refractivity (Wildman–Crippen MR) is 79.2 cm³/mol. The fraction of sp³-hybridized carbons (Fsp3) is 0.333. The van der Waals surface area contributed by atoms with Gasteiger partial charge in [-0.2, -0.15) is 0 Å². The van der Waals surface area contributed by atoms with E-state index in [1.807, 2.05) is 13.0 Å². The van der Waals surface area contributed by atoms with Crippen molar-refractivity contribution in [2.24, 2.45) is 0 Å². The first-order valence-corrected chi connectivity index (χ1v) is 6.43. The molecule has 0 saturated carbocycles. The van der Waals surface area contributed by atoms with Gasteiger partial charge in [0.25, 0.3) is 5.91 Å². The highest BCUT2D eigenvalue weighted by Crippen LogP contribution is 2.26. The number of carbonyl (C=O) groups is 1. The molecule has 0 spiro atoms. The summed E-state index contributed by atoms with van der Waals surface area (Å²) in [5.74, 6) is 0.121. The van der Waals surface area contributed by atoms with Gasteiger partial charge in [-0.1, -0.05) is 17.7 Å². The quantitative estimate of drug-likeness (QED) is 0.584. The number of ether oxygens (including phenoxy) is 1. The summed E-state index contributed by atoms with van der Waals surface area (Å²) in [6.45, 7) is 3.54. The fourth-order valence-corrected chi connectivity index (χ4v) is 1.44. The number of hydrogen-bond donors (Lipinski definition) is 3. The molecule has 0 aliphatic carbocycles. The molecule has 3 N–H and O–H groups in total. The molecule has 1 rings (SSSR count). The summed E-state index contributed by atoms with van der Waals surface area (Å²) in [5, 5.41) is 3.45. The molecule has 19 heavy (non-hydrogen) atoms. The van der Waals surface area contributed by atoms with Crippen molar-refractivity contribution in [3.05, 3.63) is 28.8 Å². The van der Waals surface area contributed by atoms with Crippen LogP contribution in [-0.4, -0.2) is 24.2 Å². The molecule has 0 heterocycles. The zero-order chi connectivity index (χ0) is 14.4. The smallest absolute Gasteiger partial charge is 0.279 e. The van der Waals surface area contributed by atoms with Crippen LogP contribution in [-0.2, 0) is 4.79 Å². The fourth-order valence-electron chi connectivity index (χ4n) is 1.23. The topological polar surface area (TPSA) is 62.4 Å². The first-order valence-electron chi connectivity index (χ1n) is 5.64. The number of halogens is 1. The highest BCUT2D eigenvalue weighted by Gasteiger charge is 2.16. The van der Waals surface area contributed by atoms with Gasteiger partial charge in [0.15, 0.2) is 11.2 Å². The maximum absolute atomic E-state index is 11.7. The zero-order valence-corrected chi connectivity index (χ0v) is 12.5. The van der Waals surface area contributed by atoms with Crippen molar-refractivity contribution in [3.63, 3.8) is 0 Å². The number of amides is 1. The number of rotatable bonds is 3. The van der Waals surface area contributed by atoms with Gasteiger partial charge in [0, 0.05) is 7.05 Å². The molecular weight excluding hydrogens is 286 g/mol. The van der Waals surface area contributed by atoms with Gasteiger partial charge in [0.2, 0.25) is 0 Å². The Hall–Kier alpha value is -1.53. The molecule has 1 amide bonds. The van der Waals surface area contributed by atoms with Crippen LogP contribution in [0.1, 0.15) is 12.5 Å². The summed E-state index contributed by atoms with van der Waals surface area (Å²) >= 11 is 10.8. The minimum absolute atomic E-state index is 0.314. The number of benzene rings is 1. The number of carbonyl (C=O) groups excluding carboxylic acids is 1. The molecule has 0 aliphatic rings. The Morgan fingerprint density at radius 2 is 2.11 bits per heavy atom. The Balaban J connectivity index is 2.58. The van der Waals surface area contributed by atoms with Gasteiger partial charge >= 0.3 is 0 Å². The normalized spacial score (nSPS) is 11.4. The average Bonchev–Trinajstić information content (AvgIpc) is 2.39. The van der Waals surface area contributed by atoms with Crippen molar-refractivity contribution >= 4 is 34.8 Å². The van der Waals surface area contributed by atoms with E-state index < -0.39 is 6.10 Å². The van der Waals surface area contributed by atoms with Crippen molar-refractivity contribution in [2.75, 3.05) is 7.05 Å². The maximum atomic E-state index is 11.7. The van der Waals surface area contributed by atoms with Crippen molar-refractivity contribution in [3.8, 4) is 5.75 Å². The molecule has 0 radical (unpaired) electrons. The monoisotopic (exact) mass is 301 g/mol. The summed E-state index contributed by atoms with van der Waals surface area (Å²) < 4.78 is 5.51. The Bertz CT molecular complexity index is 482. The van der Waals surface area contributed by atoms with E-state index in [9.17, 15) is 4.79 Å². The van der Waals surface area contributed by atoms with E-state index in [0.29, 0.717) is 15.9 Å². The van der Waals surface area contributed by atoms with Gasteiger partial charge in [-0.05, 0) is 43.8 Å². The second-order valence-electron chi connectivity index (χ2n) is 3.89. The lowest BCUT2D eigenvalue weighted by Crippen LogP contribution is -2.49. The number of nitrogens with one attached hydrogen (secondary N) is 3. The molecule has 0 aromatic heterocycles. The van der Waals surface area contributed by atoms with Crippen LogP contribution < -0.4 is 20.9 Å². The van der Waals surface area contributed by atoms with E-state index in [-0.39, 0.29) is 5.91 Å². The van der Waals surface area contributed by atoms with E-state index in [1.54, 1.807) is 26.1 Å². The third-order valence-electron chi connectivity index (χ3n) is 2.29. The van der Waals surface area contributed by atoms with Gasteiger partial charge in [-0.3, -0.25) is 15.6 Å². The highest BCUT2D eigenvalue weighted by molar-refractivity contribution is 7.80. The summed E-state index contributed by atoms with van der Waals surface area (Å²) in [4.78, 5) is 11.7. The maximum Gasteiger partial charge on any atom is 0.279 e. The Morgan fingerprint density at radius 1 is 1.42 bits per heavy atom. The van der Waals surface area contributed by atoms with Gasteiger partial charge < -0.3 is 10.1 Å². The van der Waals surface area contributed by atoms with Crippen LogP contribution in [0.4, 0.5) is 0 Å². The molecule has 0 aliphatic heterocycles. The summed E-state index contributed by atoms with van der Waals surface area (Å²) in [5.41, 5.74) is 5.96. The lowest BCUT2D eigenvalue weighted by molar-refractivity contribution is -0.127. The average molecular weight is 302 g/mol. The predicted octanol–water partition coefficient (Wildman–Crippen LogP) is 1.54. The summed E-state index contributed by atoms with van der Waals surface area (Å²) in [6.07, 6.45) is -0.702. The molecule has 1 atom stereocenters. The standard InChI is InChI=1S/C12H16ClN3O2S/c1-7-4-5-9(13)10(6-7)18-8(2)11(17)15-16-12(19)14-3/h4-6,8H,1-3H3,(H,15,17)(H2,14,16,19)/t8-/m1/s1. The van der Waals surface area contributed by atoms with Crippen LogP contribution in [0.25, 0.3) is 0 Å². The second-order valence-corrected chi connectivity index (χ2v) is 4.70. The molecule has 0 saturated heterocycles. The van der Waals surface area contributed by atoms with Gasteiger partial charge in [-0.15, -0.1) is 0 Å². The SMILES string of the molecule is CNC(=S)NNC(=O)[C@@H](C)Oc1cc(C)ccc1Cl.